The lowest BCUT2D eigenvalue weighted by atomic mass is 9.86. The van der Waals surface area contributed by atoms with Gasteiger partial charge in [0.2, 0.25) is 0 Å². The van der Waals surface area contributed by atoms with Crippen LogP contribution in [0.25, 0.3) is 0 Å². The molecular formula is C16H23ClN2O3. The normalized spacial score (nSPS) is 23.5. The van der Waals surface area contributed by atoms with Crippen molar-refractivity contribution in [2.75, 3.05) is 40.4 Å². The van der Waals surface area contributed by atoms with E-state index in [0.29, 0.717) is 22.5 Å². The highest BCUT2D eigenvalue weighted by Gasteiger charge is 2.42. The van der Waals surface area contributed by atoms with Gasteiger partial charge in [-0.3, -0.25) is 4.79 Å². The summed E-state index contributed by atoms with van der Waals surface area (Å²) in [7, 11) is 3.18. The highest BCUT2D eigenvalue weighted by molar-refractivity contribution is 5.95. The van der Waals surface area contributed by atoms with Crippen molar-refractivity contribution in [3.8, 4) is 11.5 Å². The average molecular weight is 327 g/mol. The van der Waals surface area contributed by atoms with Gasteiger partial charge in [-0.15, -0.1) is 12.4 Å². The van der Waals surface area contributed by atoms with E-state index in [-0.39, 0.29) is 18.3 Å². The molecule has 1 aromatic carbocycles. The number of carbonyl (C=O) groups excluding carboxylic acids is 1. The Morgan fingerprint density at radius 1 is 1.23 bits per heavy atom. The van der Waals surface area contributed by atoms with Gasteiger partial charge in [-0.05, 0) is 37.6 Å². The first-order valence-corrected chi connectivity index (χ1v) is 7.39. The number of likely N-dealkylation sites (tertiary alicyclic amines) is 1. The molecule has 0 aliphatic carbocycles. The molecule has 2 aliphatic rings. The number of rotatable bonds is 3. The summed E-state index contributed by atoms with van der Waals surface area (Å²) < 4.78 is 10.5. The van der Waals surface area contributed by atoms with Crippen LogP contribution in [0.1, 0.15) is 23.2 Å². The zero-order valence-electron chi connectivity index (χ0n) is 13.1. The van der Waals surface area contributed by atoms with E-state index in [2.05, 4.69) is 5.32 Å². The van der Waals surface area contributed by atoms with Crippen LogP contribution < -0.4 is 14.8 Å². The lowest BCUT2D eigenvalue weighted by molar-refractivity contribution is 0.0775. The lowest BCUT2D eigenvalue weighted by Crippen LogP contribution is -2.33. The summed E-state index contributed by atoms with van der Waals surface area (Å²) in [6.07, 6.45) is 2.27. The average Bonchev–Trinajstić information content (AvgIpc) is 3.16. The molecule has 0 saturated carbocycles. The number of hydrogen-bond donors (Lipinski definition) is 1. The molecule has 0 aromatic heterocycles. The lowest BCUT2D eigenvalue weighted by Gasteiger charge is -2.23. The second-order valence-electron chi connectivity index (χ2n) is 5.97. The van der Waals surface area contributed by atoms with Gasteiger partial charge in [-0.1, -0.05) is 0 Å². The Kier molecular flexibility index (Phi) is 5.19. The number of hydrogen-bond acceptors (Lipinski definition) is 4. The number of carbonyl (C=O) groups is 1. The van der Waals surface area contributed by atoms with Gasteiger partial charge >= 0.3 is 0 Å². The molecule has 2 fully saturated rings. The summed E-state index contributed by atoms with van der Waals surface area (Å²) >= 11 is 0. The molecule has 2 saturated heterocycles. The summed E-state index contributed by atoms with van der Waals surface area (Å²) in [5.41, 5.74) is 0.960. The third-order valence-corrected chi connectivity index (χ3v) is 4.69. The number of amides is 1. The Labute approximate surface area is 137 Å². The van der Waals surface area contributed by atoms with Crippen LogP contribution in [0.5, 0.6) is 11.5 Å². The van der Waals surface area contributed by atoms with Gasteiger partial charge in [0.15, 0.2) is 11.5 Å². The van der Waals surface area contributed by atoms with Gasteiger partial charge in [-0.25, -0.2) is 0 Å². The van der Waals surface area contributed by atoms with E-state index in [1.807, 2.05) is 11.0 Å². The van der Waals surface area contributed by atoms with Crippen LogP contribution in [0, 0.1) is 5.41 Å². The fraction of sp³-hybridized carbons (Fsp3) is 0.562. The zero-order chi connectivity index (χ0) is 14.9. The monoisotopic (exact) mass is 326 g/mol. The maximum atomic E-state index is 12.7. The number of methoxy groups -OCH3 is 2. The largest absolute Gasteiger partial charge is 0.493 e. The van der Waals surface area contributed by atoms with E-state index in [4.69, 9.17) is 9.47 Å². The van der Waals surface area contributed by atoms with Crippen molar-refractivity contribution in [2.45, 2.75) is 12.8 Å². The molecule has 1 N–H and O–H groups in total. The Morgan fingerprint density at radius 3 is 2.64 bits per heavy atom. The molecule has 5 nitrogen and oxygen atoms in total. The summed E-state index contributed by atoms with van der Waals surface area (Å²) in [6.45, 7) is 3.79. The molecule has 1 amide bonds. The van der Waals surface area contributed by atoms with E-state index >= 15 is 0 Å². The van der Waals surface area contributed by atoms with Gasteiger partial charge in [-0.2, -0.15) is 0 Å². The van der Waals surface area contributed by atoms with Gasteiger partial charge in [0, 0.05) is 30.6 Å². The zero-order valence-corrected chi connectivity index (χ0v) is 13.9. The Bertz CT molecular complexity index is 544. The van der Waals surface area contributed by atoms with Crippen molar-refractivity contribution in [1.29, 1.82) is 0 Å². The second kappa shape index (κ2) is 6.75. The van der Waals surface area contributed by atoms with Crippen molar-refractivity contribution >= 4 is 18.3 Å². The highest BCUT2D eigenvalue weighted by atomic mass is 35.5. The number of nitrogens with zero attached hydrogens (tertiary/aromatic N) is 1. The molecule has 1 aromatic rings. The standard InChI is InChI=1S/C16H22N2O3.ClH/c1-20-13-4-3-12(9-14(13)21-2)15(19)18-8-6-16(11-18)5-7-17-10-16;/h3-4,9,17H,5-8,10-11H2,1-2H3;1H. The van der Waals surface area contributed by atoms with Gasteiger partial charge in [0.05, 0.1) is 14.2 Å². The van der Waals surface area contributed by atoms with Crippen LogP contribution in [0.15, 0.2) is 18.2 Å². The maximum Gasteiger partial charge on any atom is 0.254 e. The minimum atomic E-state index is 0. The molecule has 22 heavy (non-hydrogen) atoms. The fourth-order valence-corrected chi connectivity index (χ4v) is 3.40. The Morgan fingerprint density at radius 2 is 2.00 bits per heavy atom. The predicted molar refractivity (Wildman–Crippen MR) is 87.2 cm³/mol. The summed E-state index contributed by atoms with van der Waals surface area (Å²) in [6, 6.07) is 5.36. The molecule has 2 heterocycles. The number of benzene rings is 1. The number of nitrogens with one attached hydrogen (secondary N) is 1. The minimum Gasteiger partial charge on any atom is -0.493 e. The van der Waals surface area contributed by atoms with Crippen molar-refractivity contribution in [3.05, 3.63) is 23.8 Å². The van der Waals surface area contributed by atoms with Gasteiger partial charge in [0.1, 0.15) is 0 Å². The van der Waals surface area contributed by atoms with Crippen molar-refractivity contribution in [3.63, 3.8) is 0 Å². The summed E-state index contributed by atoms with van der Waals surface area (Å²) in [4.78, 5) is 14.6. The first kappa shape index (κ1) is 16.9. The van der Waals surface area contributed by atoms with Gasteiger partial charge in [0.25, 0.3) is 5.91 Å². The Balaban J connectivity index is 0.00000176. The molecule has 2 aliphatic heterocycles. The SMILES string of the molecule is COc1ccc(C(=O)N2CCC3(CCNC3)C2)cc1OC.Cl. The van der Waals surface area contributed by atoms with Crippen LogP contribution in [-0.4, -0.2) is 51.2 Å². The van der Waals surface area contributed by atoms with Crippen LogP contribution in [0.3, 0.4) is 0 Å². The van der Waals surface area contributed by atoms with Crippen LogP contribution in [-0.2, 0) is 0 Å². The first-order chi connectivity index (χ1) is 10.2. The molecule has 1 atom stereocenters. The molecule has 0 bridgehead atoms. The third-order valence-electron chi connectivity index (χ3n) is 4.69. The smallest absolute Gasteiger partial charge is 0.254 e. The van der Waals surface area contributed by atoms with Gasteiger partial charge < -0.3 is 19.7 Å². The number of halogens is 1. The van der Waals surface area contributed by atoms with E-state index in [1.54, 1.807) is 26.4 Å². The minimum absolute atomic E-state index is 0. The topological polar surface area (TPSA) is 50.8 Å². The van der Waals surface area contributed by atoms with E-state index in [0.717, 1.165) is 32.6 Å². The van der Waals surface area contributed by atoms with E-state index in [9.17, 15) is 4.79 Å². The van der Waals surface area contributed by atoms with E-state index in [1.165, 1.54) is 6.42 Å². The van der Waals surface area contributed by atoms with Crippen molar-refractivity contribution < 1.29 is 14.3 Å². The van der Waals surface area contributed by atoms with Crippen LogP contribution in [0.4, 0.5) is 0 Å². The van der Waals surface area contributed by atoms with Crippen molar-refractivity contribution in [1.82, 2.24) is 10.2 Å². The van der Waals surface area contributed by atoms with Crippen LogP contribution in [0.2, 0.25) is 0 Å². The second-order valence-corrected chi connectivity index (χ2v) is 5.97. The maximum absolute atomic E-state index is 12.7. The third kappa shape index (κ3) is 3.01. The Hall–Kier alpha value is -1.46. The van der Waals surface area contributed by atoms with E-state index < -0.39 is 0 Å². The molecule has 1 unspecified atom stereocenters. The first-order valence-electron chi connectivity index (χ1n) is 7.39. The molecule has 122 valence electrons. The van der Waals surface area contributed by atoms with Crippen molar-refractivity contribution in [2.24, 2.45) is 5.41 Å². The highest BCUT2D eigenvalue weighted by Crippen LogP contribution is 2.37. The predicted octanol–water partition coefficient (Wildman–Crippen LogP) is 1.95. The molecule has 1 spiro atoms. The summed E-state index contributed by atoms with van der Waals surface area (Å²) in [5.74, 6) is 1.33. The molecule has 3 rings (SSSR count). The molecular weight excluding hydrogens is 304 g/mol. The summed E-state index contributed by atoms with van der Waals surface area (Å²) in [5, 5.41) is 3.41. The number of ether oxygens (including phenoxy) is 2. The van der Waals surface area contributed by atoms with Crippen LogP contribution >= 0.6 is 12.4 Å². The quantitative estimate of drug-likeness (QED) is 0.922. The molecule has 6 heteroatoms. The fourth-order valence-electron chi connectivity index (χ4n) is 3.40. The molecule has 0 radical (unpaired) electrons.